The van der Waals surface area contributed by atoms with Crippen LogP contribution in [0.4, 0.5) is 0 Å². The molecular formula is C27H33N5O. The van der Waals surface area contributed by atoms with Crippen LogP contribution in [0.3, 0.4) is 0 Å². The standard InChI is InChI=1S/C27H33N5O/c1-20-9-11-23(12-10-20)32-25-8-5-7-24(25)26(29-32)27(33)30(2)22-14-18-31(19-15-22)17-13-21-6-3-4-16-28-21/h3-4,6,9-12,16,22H,5,7-8,13-15,17-19H2,1-2H3. The molecule has 172 valence electrons. The Hall–Kier alpha value is -2.99. The van der Waals surface area contributed by atoms with Crippen molar-refractivity contribution in [3.05, 3.63) is 76.9 Å². The number of rotatable bonds is 6. The molecule has 0 bridgehead atoms. The Morgan fingerprint density at radius 1 is 1.09 bits per heavy atom. The minimum atomic E-state index is 0.0750. The Balaban J connectivity index is 1.24. The largest absolute Gasteiger partial charge is 0.337 e. The molecule has 0 spiro atoms. The van der Waals surface area contributed by atoms with E-state index in [1.54, 1.807) is 0 Å². The van der Waals surface area contributed by atoms with Gasteiger partial charge in [-0.3, -0.25) is 9.78 Å². The summed E-state index contributed by atoms with van der Waals surface area (Å²) in [6.07, 6.45) is 7.88. The molecule has 6 nitrogen and oxygen atoms in total. The van der Waals surface area contributed by atoms with Crippen LogP contribution in [0.25, 0.3) is 5.69 Å². The Morgan fingerprint density at radius 3 is 2.61 bits per heavy atom. The number of benzene rings is 1. The van der Waals surface area contributed by atoms with E-state index >= 15 is 0 Å². The topological polar surface area (TPSA) is 54.3 Å². The number of hydrogen-bond donors (Lipinski definition) is 0. The molecule has 0 atom stereocenters. The fraction of sp³-hybridized carbons (Fsp3) is 0.444. The monoisotopic (exact) mass is 443 g/mol. The second kappa shape index (κ2) is 9.48. The van der Waals surface area contributed by atoms with Gasteiger partial charge in [-0.1, -0.05) is 23.8 Å². The van der Waals surface area contributed by atoms with Crippen LogP contribution in [-0.4, -0.2) is 63.2 Å². The highest BCUT2D eigenvalue weighted by atomic mass is 16.2. The van der Waals surface area contributed by atoms with Crippen molar-refractivity contribution in [1.29, 1.82) is 0 Å². The molecule has 0 unspecified atom stereocenters. The Labute approximate surface area is 196 Å². The summed E-state index contributed by atoms with van der Waals surface area (Å²) in [5.41, 5.74) is 6.43. The molecule has 2 aromatic heterocycles. The van der Waals surface area contributed by atoms with Crippen LogP contribution in [0.15, 0.2) is 48.7 Å². The van der Waals surface area contributed by atoms with Gasteiger partial charge in [-0.15, -0.1) is 0 Å². The van der Waals surface area contributed by atoms with E-state index < -0.39 is 0 Å². The second-order valence-electron chi connectivity index (χ2n) is 9.43. The van der Waals surface area contributed by atoms with Gasteiger partial charge in [-0.25, -0.2) is 4.68 Å². The van der Waals surface area contributed by atoms with Gasteiger partial charge in [-0.05, 0) is 63.3 Å². The van der Waals surface area contributed by atoms with Crippen LogP contribution >= 0.6 is 0 Å². The fourth-order valence-corrected chi connectivity index (χ4v) is 5.19. The summed E-state index contributed by atoms with van der Waals surface area (Å²) in [5.74, 6) is 0.0750. The average Bonchev–Trinajstić information content (AvgIpc) is 3.47. The first-order valence-corrected chi connectivity index (χ1v) is 12.2. The van der Waals surface area contributed by atoms with Gasteiger partial charge < -0.3 is 9.80 Å². The minimum absolute atomic E-state index is 0.0750. The van der Waals surface area contributed by atoms with E-state index in [2.05, 4.69) is 47.1 Å². The molecule has 1 aliphatic carbocycles. The number of hydrogen-bond acceptors (Lipinski definition) is 4. The van der Waals surface area contributed by atoms with Gasteiger partial charge in [0.15, 0.2) is 5.69 Å². The predicted molar refractivity (Wildman–Crippen MR) is 130 cm³/mol. The normalized spacial score (nSPS) is 16.7. The summed E-state index contributed by atoms with van der Waals surface area (Å²) in [6.45, 7) is 5.15. The van der Waals surface area contributed by atoms with Crippen LogP contribution in [0, 0.1) is 6.92 Å². The van der Waals surface area contributed by atoms with E-state index in [1.165, 1.54) is 11.3 Å². The Kier molecular flexibility index (Phi) is 6.27. The lowest BCUT2D eigenvalue weighted by Crippen LogP contribution is -2.46. The lowest BCUT2D eigenvalue weighted by molar-refractivity contribution is 0.0636. The minimum Gasteiger partial charge on any atom is -0.337 e. The SMILES string of the molecule is Cc1ccc(-n2nc(C(=O)N(C)C3CCN(CCc4ccccn4)CC3)c3c2CCC3)cc1. The third-order valence-corrected chi connectivity index (χ3v) is 7.25. The smallest absolute Gasteiger partial charge is 0.274 e. The Bertz CT molecular complexity index is 1100. The van der Waals surface area contributed by atoms with E-state index in [4.69, 9.17) is 5.10 Å². The van der Waals surface area contributed by atoms with Gasteiger partial charge in [0.1, 0.15) is 0 Å². The maximum Gasteiger partial charge on any atom is 0.274 e. The van der Waals surface area contributed by atoms with Crippen LogP contribution in [-0.2, 0) is 19.3 Å². The molecule has 5 rings (SSSR count). The molecule has 6 heteroatoms. The maximum absolute atomic E-state index is 13.5. The fourth-order valence-electron chi connectivity index (χ4n) is 5.19. The third-order valence-electron chi connectivity index (χ3n) is 7.25. The molecule has 33 heavy (non-hydrogen) atoms. The highest BCUT2D eigenvalue weighted by molar-refractivity contribution is 5.94. The molecule has 0 N–H and O–H groups in total. The van der Waals surface area contributed by atoms with Gasteiger partial charge in [0, 0.05) is 62.3 Å². The first kappa shape index (κ1) is 21.8. The highest BCUT2D eigenvalue weighted by Gasteiger charge is 2.32. The van der Waals surface area contributed by atoms with Crippen molar-refractivity contribution < 1.29 is 4.79 Å². The number of carbonyl (C=O) groups is 1. The van der Waals surface area contributed by atoms with Gasteiger partial charge in [0.05, 0.1) is 5.69 Å². The Morgan fingerprint density at radius 2 is 1.88 bits per heavy atom. The zero-order chi connectivity index (χ0) is 22.8. The van der Waals surface area contributed by atoms with E-state index in [1.807, 2.05) is 35.0 Å². The number of nitrogens with zero attached hydrogens (tertiary/aromatic N) is 5. The predicted octanol–water partition coefficient (Wildman–Crippen LogP) is 3.84. The molecule has 1 amide bonds. The lowest BCUT2D eigenvalue weighted by Gasteiger charge is -2.36. The highest BCUT2D eigenvalue weighted by Crippen LogP contribution is 2.29. The molecule has 1 aromatic carbocycles. The molecule has 3 heterocycles. The lowest BCUT2D eigenvalue weighted by atomic mass is 10.0. The first-order valence-electron chi connectivity index (χ1n) is 12.2. The van der Waals surface area contributed by atoms with Crippen molar-refractivity contribution in [2.75, 3.05) is 26.7 Å². The van der Waals surface area contributed by atoms with Crippen molar-refractivity contribution in [2.45, 2.75) is 51.5 Å². The third kappa shape index (κ3) is 4.58. The van der Waals surface area contributed by atoms with Crippen molar-refractivity contribution in [3.8, 4) is 5.69 Å². The number of likely N-dealkylation sites (tertiary alicyclic amines) is 1. The van der Waals surface area contributed by atoms with Gasteiger partial charge in [0.25, 0.3) is 5.91 Å². The second-order valence-corrected chi connectivity index (χ2v) is 9.43. The summed E-state index contributed by atoms with van der Waals surface area (Å²) in [4.78, 5) is 22.4. The zero-order valence-corrected chi connectivity index (χ0v) is 19.7. The molecule has 0 radical (unpaired) electrons. The van der Waals surface area contributed by atoms with Crippen LogP contribution in [0.1, 0.15) is 52.3 Å². The van der Waals surface area contributed by atoms with E-state index in [0.29, 0.717) is 5.69 Å². The van der Waals surface area contributed by atoms with Crippen molar-refractivity contribution in [3.63, 3.8) is 0 Å². The maximum atomic E-state index is 13.5. The van der Waals surface area contributed by atoms with E-state index in [9.17, 15) is 4.79 Å². The number of amides is 1. The van der Waals surface area contributed by atoms with Crippen LogP contribution in [0.5, 0.6) is 0 Å². The molecule has 3 aromatic rings. The summed E-state index contributed by atoms with van der Waals surface area (Å²) >= 11 is 0. The first-order chi connectivity index (χ1) is 16.1. The number of piperidine rings is 1. The number of pyridine rings is 1. The summed E-state index contributed by atoms with van der Waals surface area (Å²) in [5, 5.41) is 4.83. The van der Waals surface area contributed by atoms with Crippen LogP contribution in [0.2, 0.25) is 0 Å². The van der Waals surface area contributed by atoms with E-state index in [0.717, 1.165) is 75.1 Å². The van der Waals surface area contributed by atoms with Crippen molar-refractivity contribution in [1.82, 2.24) is 24.6 Å². The molecule has 0 saturated carbocycles. The number of aryl methyl sites for hydroxylation is 1. The van der Waals surface area contributed by atoms with Gasteiger partial charge in [-0.2, -0.15) is 5.10 Å². The quantitative estimate of drug-likeness (QED) is 0.581. The summed E-state index contributed by atoms with van der Waals surface area (Å²) in [7, 11) is 1.96. The van der Waals surface area contributed by atoms with Crippen molar-refractivity contribution >= 4 is 5.91 Å². The van der Waals surface area contributed by atoms with Crippen molar-refractivity contribution in [2.24, 2.45) is 0 Å². The molecule has 2 aliphatic rings. The average molecular weight is 444 g/mol. The molecule has 1 saturated heterocycles. The molecular weight excluding hydrogens is 410 g/mol. The van der Waals surface area contributed by atoms with Gasteiger partial charge in [0.2, 0.25) is 0 Å². The number of fused-ring (bicyclic) bond motifs is 1. The molecule has 1 aliphatic heterocycles. The number of aromatic nitrogens is 3. The summed E-state index contributed by atoms with van der Waals surface area (Å²) < 4.78 is 2.00. The zero-order valence-electron chi connectivity index (χ0n) is 19.7. The number of carbonyl (C=O) groups excluding carboxylic acids is 1. The summed E-state index contributed by atoms with van der Waals surface area (Å²) in [6, 6.07) is 14.8. The molecule has 1 fully saturated rings. The van der Waals surface area contributed by atoms with Gasteiger partial charge >= 0.3 is 0 Å². The van der Waals surface area contributed by atoms with E-state index in [-0.39, 0.29) is 11.9 Å². The van der Waals surface area contributed by atoms with Crippen LogP contribution < -0.4 is 0 Å².